The van der Waals surface area contributed by atoms with E-state index in [0.29, 0.717) is 24.5 Å². The molecule has 2 aliphatic rings. The number of hydrogen-bond acceptors (Lipinski definition) is 5. The number of fused-ring (bicyclic) bond motifs is 3. The van der Waals surface area contributed by atoms with Crippen LogP contribution in [0.3, 0.4) is 0 Å². The number of benzene rings is 2. The van der Waals surface area contributed by atoms with Crippen molar-refractivity contribution < 1.29 is 9.72 Å². The summed E-state index contributed by atoms with van der Waals surface area (Å²) in [5.74, 6) is -0.296. The molecule has 0 bridgehead atoms. The molecule has 1 fully saturated rings. The third kappa shape index (κ3) is 3.62. The second-order valence-corrected chi connectivity index (χ2v) is 7.84. The van der Waals surface area contributed by atoms with Gasteiger partial charge in [0.25, 0.3) is 5.69 Å². The number of carbonyl (C=O) groups excluding carboxylic acids is 1. The average molecular weight is 415 g/mol. The van der Waals surface area contributed by atoms with Gasteiger partial charge in [-0.05, 0) is 37.1 Å². The van der Waals surface area contributed by atoms with Crippen LogP contribution in [0.2, 0.25) is 5.02 Å². The maximum Gasteiger partial charge on any atom is 0.269 e. The third-order valence-electron chi connectivity index (χ3n) is 5.79. The molecule has 8 heteroatoms. The lowest BCUT2D eigenvalue weighted by molar-refractivity contribution is -0.384. The van der Waals surface area contributed by atoms with E-state index in [1.165, 1.54) is 0 Å². The smallest absolute Gasteiger partial charge is 0.269 e. The Morgan fingerprint density at radius 3 is 2.76 bits per heavy atom. The van der Waals surface area contributed by atoms with Crippen LogP contribution in [0, 0.1) is 16.0 Å². The van der Waals surface area contributed by atoms with Crippen LogP contribution in [0.5, 0.6) is 0 Å². The van der Waals surface area contributed by atoms with Crippen LogP contribution in [0.4, 0.5) is 17.1 Å². The molecule has 0 aromatic heterocycles. The first-order valence-corrected chi connectivity index (χ1v) is 10.2. The van der Waals surface area contributed by atoms with Crippen molar-refractivity contribution in [1.82, 2.24) is 5.32 Å². The maximum atomic E-state index is 12.9. The number of nitrogens with one attached hydrogen (secondary N) is 1. The van der Waals surface area contributed by atoms with Crippen molar-refractivity contribution in [3.63, 3.8) is 0 Å². The first-order valence-electron chi connectivity index (χ1n) is 9.80. The molecule has 0 unspecified atom stereocenters. The van der Waals surface area contributed by atoms with Crippen LogP contribution in [0.1, 0.15) is 12.5 Å². The van der Waals surface area contributed by atoms with Gasteiger partial charge in [0.1, 0.15) is 0 Å². The Balaban J connectivity index is 1.70. The molecule has 2 aromatic carbocycles. The molecule has 152 valence electrons. The quantitative estimate of drug-likeness (QED) is 0.613. The van der Waals surface area contributed by atoms with Gasteiger partial charge in [0.05, 0.1) is 27.6 Å². The lowest BCUT2D eigenvalue weighted by Gasteiger charge is -2.49. The predicted molar refractivity (Wildman–Crippen MR) is 114 cm³/mol. The molecule has 1 N–H and O–H groups in total. The van der Waals surface area contributed by atoms with Crippen LogP contribution in [-0.4, -0.2) is 43.1 Å². The minimum atomic E-state index is -0.386. The van der Waals surface area contributed by atoms with Crippen molar-refractivity contribution in [1.29, 1.82) is 0 Å². The van der Waals surface area contributed by atoms with Gasteiger partial charge in [0.2, 0.25) is 5.91 Å². The summed E-state index contributed by atoms with van der Waals surface area (Å²) in [5.41, 5.74) is 2.88. The molecular formula is C21H23ClN4O3. The summed E-state index contributed by atoms with van der Waals surface area (Å²) in [6.07, 6.45) is 0.486. The van der Waals surface area contributed by atoms with E-state index in [2.05, 4.69) is 15.1 Å². The predicted octanol–water partition coefficient (Wildman–Crippen LogP) is 3.25. The summed E-state index contributed by atoms with van der Waals surface area (Å²) >= 11 is 6.41. The average Bonchev–Trinajstić information content (AvgIpc) is 2.72. The Bertz CT molecular complexity index is 951. The van der Waals surface area contributed by atoms with Crippen molar-refractivity contribution in [2.45, 2.75) is 19.4 Å². The summed E-state index contributed by atoms with van der Waals surface area (Å²) in [5, 5.41) is 14.8. The van der Waals surface area contributed by atoms with E-state index in [-0.39, 0.29) is 28.5 Å². The highest BCUT2D eigenvalue weighted by molar-refractivity contribution is 6.33. The van der Waals surface area contributed by atoms with Gasteiger partial charge in [-0.2, -0.15) is 0 Å². The number of nitro benzene ring substituents is 1. The molecule has 29 heavy (non-hydrogen) atoms. The van der Waals surface area contributed by atoms with Crippen LogP contribution in [0.25, 0.3) is 0 Å². The number of anilines is 2. The van der Waals surface area contributed by atoms with E-state index < -0.39 is 0 Å². The minimum Gasteiger partial charge on any atom is -0.366 e. The molecule has 2 aliphatic heterocycles. The van der Waals surface area contributed by atoms with Gasteiger partial charge in [-0.1, -0.05) is 23.7 Å². The van der Waals surface area contributed by atoms with Gasteiger partial charge in [-0.3, -0.25) is 14.9 Å². The van der Waals surface area contributed by atoms with E-state index in [4.69, 9.17) is 11.6 Å². The minimum absolute atomic E-state index is 0.0133. The zero-order valence-electron chi connectivity index (χ0n) is 16.2. The summed E-state index contributed by atoms with van der Waals surface area (Å²) in [6, 6.07) is 12.7. The molecule has 0 radical (unpaired) electrons. The maximum absolute atomic E-state index is 12.9. The number of para-hydroxylation sites is 1. The lowest BCUT2D eigenvalue weighted by Crippen LogP contribution is -2.61. The van der Waals surface area contributed by atoms with Gasteiger partial charge in [-0.15, -0.1) is 0 Å². The number of amides is 1. The highest BCUT2D eigenvalue weighted by atomic mass is 35.5. The third-order valence-corrected chi connectivity index (χ3v) is 6.11. The first kappa shape index (κ1) is 19.5. The van der Waals surface area contributed by atoms with Crippen molar-refractivity contribution in [2.24, 2.45) is 5.92 Å². The van der Waals surface area contributed by atoms with Crippen LogP contribution in [-0.2, 0) is 11.2 Å². The molecule has 7 nitrogen and oxygen atoms in total. The molecule has 2 atom stereocenters. The fourth-order valence-electron chi connectivity index (χ4n) is 4.46. The molecule has 2 aromatic rings. The lowest BCUT2D eigenvalue weighted by atomic mass is 9.83. The molecule has 1 saturated heterocycles. The fraction of sp³-hybridized carbons (Fsp3) is 0.381. The van der Waals surface area contributed by atoms with E-state index in [0.717, 1.165) is 30.0 Å². The van der Waals surface area contributed by atoms with Gasteiger partial charge >= 0.3 is 0 Å². The summed E-state index contributed by atoms with van der Waals surface area (Å²) in [6.45, 7) is 4.60. The monoisotopic (exact) mass is 414 g/mol. The molecule has 1 amide bonds. The highest BCUT2D eigenvalue weighted by Crippen LogP contribution is 2.39. The van der Waals surface area contributed by atoms with Gasteiger partial charge in [0, 0.05) is 44.0 Å². The van der Waals surface area contributed by atoms with Crippen LogP contribution >= 0.6 is 11.6 Å². The Morgan fingerprint density at radius 2 is 2.03 bits per heavy atom. The van der Waals surface area contributed by atoms with Crippen LogP contribution in [0.15, 0.2) is 42.5 Å². The molecule has 0 aliphatic carbocycles. The normalized spacial score (nSPS) is 20.6. The number of rotatable bonds is 4. The number of non-ortho nitro benzene ring substituents is 1. The largest absolute Gasteiger partial charge is 0.366 e. The number of nitrogens with zero attached hydrogens (tertiary/aromatic N) is 3. The van der Waals surface area contributed by atoms with Gasteiger partial charge < -0.3 is 15.1 Å². The summed E-state index contributed by atoms with van der Waals surface area (Å²) < 4.78 is 0. The van der Waals surface area contributed by atoms with Crippen molar-refractivity contribution in [3.8, 4) is 0 Å². The van der Waals surface area contributed by atoms with Crippen molar-refractivity contribution in [2.75, 3.05) is 36.0 Å². The molecule has 0 spiro atoms. The molecule has 0 saturated carbocycles. The molecule has 4 rings (SSSR count). The number of piperazine rings is 1. The zero-order valence-corrected chi connectivity index (χ0v) is 16.9. The fourth-order valence-corrected chi connectivity index (χ4v) is 4.71. The van der Waals surface area contributed by atoms with Crippen LogP contribution < -0.4 is 15.1 Å². The number of carbonyl (C=O) groups is 1. The topological polar surface area (TPSA) is 78.7 Å². The van der Waals surface area contributed by atoms with Crippen molar-refractivity contribution in [3.05, 3.63) is 63.2 Å². The second kappa shape index (κ2) is 7.91. The van der Waals surface area contributed by atoms with E-state index in [9.17, 15) is 14.9 Å². The van der Waals surface area contributed by atoms with Crippen molar-refractivity contribution >= 4 is 34.6 Å². The molecule has 2 heterocycles. The number of halogens is 1. The van der Waals surface area contributed by atoms with Gasteiger partial charge in [0.15, 0.2) is 0 Å². The SMILES string of the molecule is CCNC(=O)[C@@H]1Cc2cc([N+](=O)[O-])ccc2N2CCN(c3ccccc3Cl)C[C@H]12. The van der Waals surface area contributed by atoms with E-state index >= 15 is 0 Å². The summed E-state index contributed by atoms with van der Waals surface area (Å²) in [7, 11) is 0. The standard InChI is InChI=1S/C21H23ClN4O3/c1-2-23-21(27)16-12-14-11-15(26(28)29)7-8-18(14)25-10-9-24(13-20(16)25)19-6-4-3-5-17(19)22/h3-8,11,16,20H,2,9-10,12-13H2,1H3,(H,23,27)/t16-,20-/m1/s1. The highest BCUT2D eigenvalue weighted by Gasteiger charge is 2.42. The Labute approximate surface area is 174 Å². The number of hydrogen-bond donors (Lipinski definition) is 1. The first-order chi connectivity index (χ1) is 14.0. The van der Waals surface area contributed by atoms with E-state index in [1.807, 2.05) is 37.3 Å². The van der Waals surface area contributed by atoms with E-state index in [1.54, 1.807) is 12.1 Å². The number of nitro groups is 1. The zero-order chi connectivity index (χ0) is 20.5. The summed E-state index contributed by atoms with van der Waals surface area (Å²) in [4.78, 5) is 28.2. The Hall–Kier alpha value is -2.80. The Morgan fingerprint density at radius 1 is 1.24 bits per heavy atom. The van der Waals surface area contributed by atoms with Gasteiger partial charge in [-0.25, -0.2) is 0 Å². The second-order valence-electron chi connectivity index (χ2n) is 7.43. The molecular weight excluding hydrogens is 392 g/mol. The Kier molecular flexibility index (Phi) is 5.32.